The fraction of sp³-hybridized carbons (Fsp3) is 0.143. The Labute approximate surface area is 132 Å². The first-order valence-electron chi connectivity index (χ1n) is 5.99. The molecule has 1 heterocycles. The molecule has 112 valence electrons. The average molecular weight is 327 g/mol. The van der Waals surface area contributed by atoms with Crippen LogP contribution in [0.5, 0.6) is 5.75 Å². The highest BCUT2D eigenvalue weighted by Crippen LogP contribution is 2.23. The lowest BCUT2D eigenvalue weighted by molar-refractivity contribution is -0.136. The van der Waals surface area contributed by atoms with E-state index in [9.17, 15) is 9.90 Å². The van der Waals surface area contributed by atoms with E-state index in [0.29, 0.717) is 16.4 Å². The molecule has 0 fully saturated rings. The minimum atomic E-state index is -0.453. The summed E-state index contributed by atoms with van der Waals surface area (Å²) in [5.74, 6) is -0.288. The molecule has 0 radical (unpaired) electrons. The molecule has 0 spiro atoms. The zero-order valence-corrected chi connectivity index (χ0v) is 12.9. The minimum Gasteiger partial charge on any atom is -0.508 e. The SMILES string of the molecule is CCOC(=O)/C(=C\c1ccc(O)cc1)c1csc(N)n1.Cl. The number of rotatable bonds is 4. The number of carbonyl (C=O) groups is 1. The molecule has 3 N–H and O–H groups in total. The molecule has 7 heteroatoms. The molecule has 0 aliphatic carbocycles. The van der Waals surface area contributed by atoms with E-state index < -0.39 is 5.97 Å². The second kappa shape index (κ2) is 7.66. The van der Waals surface area contributed by atoms with E-state index in [1.165, 1.54) is 11.3 Å². The van der Waals surface area contributed by atoms with Crippen molar-refractivity contribution >= 4 is 46.5 Å². The predicted molar refractivity (Wildman–Crippen MR) is 86.4 cm³/mol. The number of benzene rings is 1. The highest BCUT2D eigenvalue weighted by molar-refractivity contribution is 7.13. The lowest BCUT2D eigenvalue weighted by Crippen LogP contribution is -2.07. The quantitative estimate of drug-likeness (QED) is 0.666. The minimum absolute atomic E-state index is 0. The van der Waals surface area contributed by atoms with Gasteiger partial charge in [0, 0.05) is 5.38 Å². The maximum absolute atomic E-state index is 12.0. The van der Waals surface area contributed by atoms with Gasteiger partial charge in [0.25, 0.3) is 0 Å². The number of nitrogens with two attached hydrogens (primary N) is 1. The van der Waals surface area contributed by atoms with Gasteiger partial charge in [-0.25, -0.2) is 9.78 Å². The number of hydrogen-bond acceptors (Lipinski definition) is 6. The number of anilines is 1. The first-order valence-corrected chi connectivity index (χ1v) is 6.87. The number of nitrogen functional groups attached to an aromatic ring is 1. The van der Waals surface area contributed by atoms with Gasteiger partial charge in [0.2, 0.25) is 0 Å². The van der Waals surface area contributed by atoms with Gasteiger partial charge in [-0.05, 0) is 30.7 Å². The van der Waals surface area contributed by atoms with Crippen LogP contribution in [0.25, 0.3) is 11.6 Å². The molecule has 0 aliphatic rings. The number of halogens is 1. The molecule has 2 aromatic rings. The third-order valence-corrected chi connectivity index (χ3v) is 3.17. The number of thiazole rings is 1. The molecule has 5 nitrogen and oxygen atoms in total. The zero-order chi connectivity index (χ0) is 14.5. The van der Waals surface area contributed by atoms with E-state index in [1.807, 2.05) is 0 Å². The van der Waals surface area contributed by atoms with Gasteiger partial charge in [-0.2, -0.15) is 0 Å². The average Bonchev–Trinajstić information content (AvgIpc) is 2.84. The monoisotopic (exact) mass is 326 g/mol. The fourth-order valence-electron chi connectivity index (χ4n) is 1.59. The van der Waals surface area contributed by atoms with Crippen LogP contribution in [0.2, 0.25) is 0 Å². The van der Waals surface area contributed by atoms with Crippen LogP contribution in [0.3, 0.4) is 0 Å². The van der Waals surface area contributed by atoms with Gasteiger partial charge in [-0.15, -0.1) is 23.7 Å². The van der Waals surface area contributed by atoms with Crippen LogP contribution in [0.1, 0.15) is 18.2 Å². The summed E-state index contributed by atoms with van der Waals surface area (Å²) in [6.45, 7) is 2.02. The number of hydrogen-bond donors (Lipinski definition) is 2. The molecule has 0 saturated carbocycles. The summed E-state index contributed by atoms with van der Waals surface area (Å²) in [6, 6.07) is 6.49. The van der Waals surface area contributed by atoms with Gasteiger partial charge in [0.15, 0.2) is 5.13 Å². The summed E-state index contributed by atoms with van der Waals surface area (Å²) >= 11 is 1.26. The smallest absolute Gasteiger partial charge is 0.340 e. The summed E-state index contributed by atoms with van der Waals surface area (Å²) in [5.41, 5.74) is 7.18. The lowest BCUT2D eigenvalue weighted by atomic mass is 10.1. The lowest BCUT2D eigenvalue weighted by Gasteiger charge is -2.05. The van der Waals surface area contributed by atoms with Crippen molar-refractivity contribution in [3.8, 4) is 5.75 Å². The standard InChI is InChI=1S/C14H14N2O3S.ClH/c1-2-19-13(18)11(12-8-20-14(15)16-12)7-9-3-5-10(17)6-4-9;/h3-8,17H,2H2,1H3,(H2,15,16);1H/b11-7-;. The van der Waals surface area contributed by atoms with Gasteiger partial charge in [-0.1, -0.05) is 12.1 Å². The Hall–Kier alpha value is -2.05. The second-order valence-corrected chi connectivity index (χ2v) is 4.83. The first-order chi connectivity index (χ1) is 9.60. The fourth-order valence-corrected chi connectivity index (χ4v) is 2.16. The maximum Gasteiger partial charge on any atom is 0.340 e. The van der Waals surface area contributed by atoms with Crippen LogP contribution in [-0.2, 0) is 9.53 Å². The number of phenolic OH excluding ortho intramolecular Hbond substituents is 1. The van der Waals surface area contributed by atoms with Crippen LogP contribution in [0.4, 0.5) is 5.13 Å². The van der Waals surface area contributed by atoms with Crippen molar-refractivity contribution in [1.82, 2.24) is 4.98 Å². The van der Waals surface area contributed by atoms with Crippen molar-refractivity contribution in [2.75, 3.05) is 12.3 Å². The Morgan fingerprint density at radius 3 is 2.62 bits per heavy atom. The van der Waals surface area contributed by atoms with Gasteiger partial charge in [-0.3, -0.25) is 0 Å². The molecule has 1 aromatic carbocycles. The Morgan fingerprint density at radius 2 is 2.10 bits per heavy atom. The van der Waals surface area contributed by atoms with E-state index in [4.69, 9.17) is 10.5 Å². The van der Waals surface area contributed by atoms with Crippen LogP contribution >= 0.6 is 23.7 Å². The third kappa shape index (κ3) is 4.47. The molecule has 0 atom stereocenters. The normalized spacial score (nSPS) is 10.8. The second-order valence-electron chi connectivity index (χ2n) is 3.94. The van der Waals surface area contributed by atoms with E-state index in [1.54, 1.807) is 42.6 Å². The molecule has 0 aliphatic heterocycles. The highest BCUT2D eigenvalue weighted by Gasteiger charge is 2.16. The van der Waals surface area contributed by atoms with Gasteiger partial charge in [0.05, 0.1) is 17.9 Å². The molecule has 21 heavy (non-hydrogen) atoms. The van der Waals surface area contributed by atoms with Crippen molar-refractivity contribution in [3.63, 3.8) is 0 Å². The van der Waals surface area contributed by atoms with Crippen molar-refractivity contribution in [2.45, 2.75) is 6.92 Å². The molecule has 0 saturated heterocycles. The zero-order valence-electron chi connectivity index (χ0n) is 11.3. The van der Waals surface area contributed by atoms with Crippen molar-refractivity contribution < 1.29 is 14.6 Å². The Morgan fingerprint density at radius 1 is 1.43 bits per heavy atom. The highest BCUT2D eigenvalue weighted by atomic mass is 35.5. The first kappa shape index (κ1) is 17.0. The van der Waals surface area contributed by atoms with Crippen molar-refractivity contribution in [1.29, 1.82) is 0 Å². The largest absolute Gasteiger partial charge is 0.508 e. The summed E-state index contributed by atoms with van der Waals surface area (Å²) in [6.07, 6.45) is 1.66. The van der Waals surface area contributed by atoms with Crippen LogP contribution in [-0.4, -0.2) is 22.7 Å². The predicted octanol–water partition coefficient (Wildman–Crippen LogP) is 2.96. The molecule has 0 bridgehead atoms. The van der Waals surface area contributed by atoms with Gasteiger partial charge in [0.1, 0.15) is 5.75 Å². The molecule has 2 rings (SSSR count). The summed E-state index contributed by atoms with van der Waals surface area (Å²) < 4.78 is 5.03. The number of carbonyl (C=O) groups excluding carboxylic acids is 1. The number of nitrogens with zero attached hydrogens (tertiary/aromatic N) is 1. The summed E-state index contributed by atoms with van der Waals surface area (Å²) in [4.78, 5) is 16.1. The van der Waals surface area contributed by atoms with Crippen LogP contribution in [0, 0.1) is 0 Å². The Balaban J connectivity index is 0.00000220. The number of ether oxygens (including phenoxy) is 1. The Bertz CT molecular complexity index is 638. The summed E-state index contributed by atoms with van der Waals surface area (Å²) in [5, 5.41) is 11.4. The van der Waals surface area contributed by atoms with Crippen LogP contribution < -0.4 is 5.73 Å². The number of aromatic hydroxyl groups is 1. The van der Waals surface area contributed by atoms with Gasteiger partial charge < -0.3 is 15.6 Å². The number of esters is 1. The van der Waals surface area contributed by atoms with Crippen molar-refractivity contribution in [3.05, 3.63) is 40.9 Å². The van der Waals surface area contributed by atoms with E-state index in [-0.39, 0.29) is 24.8 Å². The molecule has 0 amide bonds. The third-order valence-electron chi connectivity index (χ3n) is 2.50. The molecular weight excluding hydrogens is 312 g/mol. The number of aromatic nitrogens is 1. The van der Waals surface area contributed by atoms with E-state index in [2.05, 4.69) is 4.98 Å². The topological polar surface area (TPSA) is 85.4 Å². The molecule has 0 unspecified atom stereocenters. The maximum atomic E-state index is 12.0. The van der Waals surface area contributed by atoms with Crippen molar-refractivity contribution in [2.24, 2.45) is 0 Å². The van der Waals surface area contributed by atoms with Gasteiger partial charge >= 0.3 is 5.97 Å². The van der Waals surface area contributed by atoms with E-state index >= 15 is 0 Å². The van der Waals surface area contributed by atoms with Crippen LogP contribution in [0.15, 0.2) is 29.6 Å². The molecule has 1 aromatic heterocycles. The number of phenols is 1. The molecular formula is C14H15ClN2O3S. The summed E-state index contributed by atoms with van der Waals surface area (Å²) in [7, 11) is 0. The Kier molecular flexibility index (Phi) is 6.20. The van der Waals surface area contributed by atoms with E-state index in [0.717, 1.165) is 5.56 Å².